The molecular formula is C17H12O2. The van der Waals surface area contributed by atoms with Crippen molar-refractivity contribution in [3.8, 4) is 5.75 Å². The van der Waals surface area contributed by atoms with Gasteiger partial charge in [-0.2, -0.15) is 0 Å². The number of allylic oxidation sites excluding steroid dienone is 3. The van der Waals surface area contributed by atoms with Crippen LogP contribution >= 0.6 is 0 Å². The predicted octanol–water partition coefficient (Wildman–Crippen LogP) is 3.56. The van der Waals surface area contributed by atoms with Crippen LogP contribution in [0.25, 0.3) is 10.8 Å². The number of hydrogen-bond donors (Lipinski definition) is 0. The van der Waals surface area contributed by atoms with Gasteiger partial charge in [0.25, 0.3) is 0 Å². The van der Waals surface area contributed by atoms with Crippen molar-refractivity contribution >= 4 is 16.6 Å². The lowest BCUT2D eigenvalue weighted by molar-refractivity contribution is -0.114. The van der Waals surface area contributed by atoms with Crippen LogP contribution in [0.5, 0.6) is 5.75 Å². The maximum absolute atomic E-state index is 11.5. The fraction of sp³-hybridized carbons (Fsp3) is 0.118. The molecular weight excluding hydrogens is 236 g/mol. The summed E-state index contributed by atoms with van der Waals surface area (Å²) in [6.45, 7) is 0. The summed E-state index contributed by atoms with van der Waals surface area (Å²) in [5, 5.41) is 2.32. The Bertz CT molecular complexity index is 766. The third-order valence-corrected chi connectivity index (χ3v) is 3.69. The smallest absolute Gasteiger partial charge is 0.160 e. The molecule has 0 amide bonds. The SMILES string of the molecule is O=C1C=C2Cc3ccc4ccccc4c3OC2=CC1. The van der Waals surface area contributed by atoms with E-state index < -0.39 is 0 Å². The van der Waals surface area contributed by atoms with Crippen LogP contribution in [-0.4, -0.2) is 5.78 Å². The third kappa shape index (κ3) is 1.60. The molecule has 0 atom stereocenters. The summed E-state index contributed by atoms with van der Waals surface area (Å²) in [7, 11) is 0. The van der Waals surface area contributed by atoms with E-state index in [-0.39, 0.29) is 5.78 Å². The van der Waals surface area contributed by atoms with Crippen molar-refractivity contribution in [2.75, 3.05) is 0 Å². The number of ether oxygens (including phenoxy) is 1. The van der Waals surface area contributed by atoms with Crippen LogP contribution in [0, 0.1) is 0 Å². The topological polar surface area (TPSA) is 26.3 Å². The number of benzene rings is 2. The zero-order valence-electron chi connectivity index (χ0n) is 10.3. The average Bonchev–Trinajstić information content (AvgIpc) is 2.45. The van der Waals surface area contributed by atoms with Gasteiger partial charge in [0, 0.05) is 23.8 Å². The summed E-state index contributed by atoms with van der Waals surface area (Å²) >= 11 is 0. The lowest BCUT2D eigenvalue weighted by Gasteiger charge is -2.25. The number of ketones is 1. The number of fused-ring (bicyclic) bond motifs is 4. The highest BCUT2D eigenvalue weighted by molar-refractivity contribution is 5.95. The lowest BCUT2D eigenvalue weighted by Crippen LogP contribution is -2.15. The Morgan fingerprint density at radius 2 is 1.95 bits per heavy atom. The molecule has 1 heterocycles. The highest BCUT2D eigenvalue weighted by Crippen LogP contribution is 2.39. The molecule has 0 saturated heterocycles. The van der Waals surface area contributed by atoms with Crippen molar-refractivity contribution in [3.05, 3.63) is 65.4 Å². The van der Waals surface area contributed by atoms with E-state index in [2.05, 4.69) is 24.3 Å². The van der Waals surface area contributed by atoms with Crippen LogP contribution in [0.1, 0.15) is 12.0 Å². The maximum atomic E-state index is 11.5. The van der Waals surface area contributed by atoms with Crippen LogP contribution in [0.15, 0.2) is 59.9 Å². The van der Waals surface area contributed by atoms with Gasteiger partial charge in [0.15, 0.2) is 5.78 Å². The van der Waals surface area contributed by atoms with Crippen LogP contribution in [0.2, 0.25) is 0 Å². The minimum absolute atomic E-state index is 0.159. The molecule has 92 valence electrons. The molecule has 0 bridgehead atoms. The first-order chi connectivity index (χ1) is 9.31. The van der Waals surface area contributed by atoms with Crippen LogP contribution < -0.4 is 4.74 Å². The Kier molecular flexibility index (Phi) is 2.12. The van der Waals surface area contributed by atoms with Gasteiger partial charge >= 0.3 is 0 Å². The standard InChI is InChI=1S/C17H12O2/c18-14-7-8-16-13(10-14)9-12-6-5-11-3-1-2-4-15(11)17(12)19-16/h1-6,8,10H,7,9H2. The van der Waals surface area contributed by atoms with Gasteiger partial charge in [0.1, 0.15) is 11.5 Å². The minimum Gasteiger partial charge on any atom is -0.456 e. The summed E-state index contributed by atoms with van der Waals surface area (Å²) < 4.78 is 6.04. The molecule has 2 aromatic carbocycles. The summed E-state index contributed by atoms with van der Waals surface area (Å²) in [5.41, 5.74) is 2.15. The minimum atomic E-state index is 0.159. The van der Waals surface area contributed by atoms with Crippen molar-refractivity contribution in [1.82, 2.24) is 0 Å². The quantitative estimate of drug-likeness (QED) is 0.712. The second-order valence-electron chi connectivity index (χ2n) is 4.96. The van der Waals surface area contributed by atoms with Crippen LogP contribution in [0.3, 0.4) is 0 Å². The van der Waals surface area contributed by atoms with Gasteiger partial charge in [0.05, 0.1) is 0 Å². The molecule has 2 aliphatic rings. The van der Waals surface area contributed by atoms with E-state index in [1.807, 2.05) is 18.2 Å². The molecule has 4 rings (SSSR count). The molecule has 0 radical (unpaired) electrons. The molecule has 2 heteroatoms. The number of carbonyl (C=O) groups is 1. The Morgan fingerprint density at radius 1 is 1.05 bits per heavy atom. The molecule has 19 heavy (non-hydrogen) atoms. The van der Waals surface area contributed by atoms with Gasteiger partial charge in [-0.3, -0.25) is 4.79 Å². The van der Waals surface area contributed by atoms with E-state index in [1.165, 1.54) is 5.39 Å². The van der Waals surface area contributed by atoms with Crippen molar-refractivity contribution in [3.63, 3.8) is 0 Å². The molecule has 2 nitrogen and oxygen atoms in total. The van der Waals surface area contributed by atoms with Crippen molar-refractivity contribution < 1.29 is 9.53 Å². The zero-order valence-corrected chi connectivity index (χ0v) is 10.3. The molecule has 1 aliphatic heterocycles. The van der Waals surface area contributed by atoms with Crippen molar-refractivity contribution in [2.45, 2.75) is 12.8 Å². The van der Waals surface area contributed by atoms with E-state index in [0.717, 1.165) is 34.5 Å². The summed E-state index contributed by atoms with van der Waals surface area (Å²) in [6, 6.07) is 12.4. The van der Waals surface area contributed by atoms with Crippen molar-refractivity contribution in [2.24, 2.45) is 0 Å². The van der Waals surface area contributed by atoms with Gasteiger partial charge in [-0.15, -0.1) is 0 Å². The predicted molar refractivity (Wildman–Crippen MR) is 74.1 cm³/mol. The molecule has 2 aromatic rings. The van der Waals surface area contributed by atoms with Gasteiger partial charge < -0.3 is 4.74 Å². The molecule has 0 spiro atoms. The fourth-order valence-corrected chi connectivity index (χ4v) is 2.76. The third-order valence-electron chi connectivity index (χ3n) is 3.69. The molecule has 0 N–H and O–H groups in total. The van der Waals surface area contributed by atoms with E-state index >= 15 is 0 Å². The molecule has 0 saturated carbocycles. The number of carbonyl (C=O) groups excluding carboxylic acids is 1. The van der Waals surface area contributed by atoms with Gasteiger partial charge in [-0.05, 0) is 23.1 Å². The van der Waals surface area contributed by atoms with Gasteiger partial charge in [-0.1, -0.05) is 36.4 Å². The first-order valence-corrected chi connectivity index (χ1v) is 6.44. The van der Waals surface area contributed by atoms with Crippen molar-refractivity contribution in [1.29, 1.82) is 0 Å². The summed E-state index contributed by atoms with van der Waals surface area (Å²) in [4.78, 5) is 11.5. The van der Waals surface area contributed by atoms with E-state index in [9.17, 15) is 4.79 Å². The monoisotopic (exact) mass is 248 g/mol. The molecule has 0 aromatic heterocycles. The highest BCUT2D eigenvalue weighted by Gasteiger charge is 2.24. The summed E-state index contributed by atoms with van der Waals surface area (Å²) in [6.07, 6.45) is 4.83. The first-order valence-electron chi connectivity index (χ1n) is 6.44. The van der Waals surface area contributed by atoms with Gasteiger partial charge in [0.2, 0.25) is 0 Å². The normalized spacial score (nSPS) is 17.2. The first kappa shape index (κ1) is 10.6. The Labute approximate surface area is 111 Å². The maximum Gasteiger partial charge on any atom is 0.160 e. The highest BCUT2D eigenvalue weighted by atomic mass is 16.5. The van der Waals surface area contributed by atoms with Crippen LogP contribution in [0.4, 0.5) is 0 Å². The second-order valence-corrected chi connectivity index (χ2v) is 4.96. The van der Waals surface area contributed by atoms with Gasteiger partial charge in [-0.25, -0.2) is 0 Å². The fourth-order valence-electron chi connectivity index (χ4n) is 2.76. The Balaban J connectivity index is 1.93. The molecule has 0 fully saturated rings. The lowest BCUT2D eigenvalue weighted by atomic mass is 9.92. The number of rotatable bonds is 0. The Hall–Kier alpha value is -2.35. The second kappa shape index (κ2) is 3.82. The average molecular weight is 248 g/mol. The Morgan fingerprint density at radius 3 is 2.89 bits per heavy atom. The van der Waals surface area contributed by atoms with E-state index in [1.54, 1.807) is 6.08 Å². The largest absolute Gasteiger partial charge is 0.456 e. The zero-order chi connectivity index (χ0) is 12.8. The number of hydrogen-bond acceptors (Lipinski definition) is 2. The molecule has 1 aliphatic carbocycles. The van der Waals surface area contributed by atoms with E-state index in [4.69, 9.17) is 4.74 Å². The van der Waals surface area contributed by atoms with Crippen LogP contribution in [-0.2, 0) is 11.2 Å². The summed E-state index contributed by atoms with van der Waals surface area (Å²) in [5.74, 6) is 1.95. The van der Waals surface area contributed by atoms with E-state index in [0.29, 0.717) is 6.42 Å². The molecule has 0 unspecified atom stereocenters.